The molecule has 122 valence electrons. The number of benzene rings is 2. The number of anilines is 1. The first kappa shape index (κ1) is 14.7. The van der Waals surface area contributed by atoms with Gasteiger partial charge in [-0.25, -0.2) is 9.78 Å². The molecular weight excluding hydrogens is 322 g/mol. The van der Waals surface area contributed by atoms with Crippen molar-refractivity contribution in [2.45, 2.75) is 0 Å². The van der Waals surface area contributed by atoms with Crippen molar-refractivity contribution in [3.05, 3.63) is 70.9 Å². The summed E-state index contributed by atoms with van der Waals surface area (Å²) in [5.41, 5.74) is 1.05. The van der Waals surface area contributed by atoms with E-state index in [2.05, 4.69) is 31.0 Å². The average Bonchev–Trinajstić information content (AvgIpc) is 3.17. The highest BCUT2D eigenvalue weighted by Crippen LogP contribution is 2.17. The summed E-state index contributed by atoms with van der Waals surface area (Å²) in [6, 6.07) is 13.8. The summed E-state index contributed by atoms with van der Waals surface area (Å²) in [6.45, 7) is 0. The van der Waals surface area contributed by atoms with Crippen molar-refractivity contribution in [3.8, 4) is 5.69 Å². The van der Waals surface area contributed by atoms with E-state index in [1.165, 1.54) is 11.0 Å². The minimum absolute atomic E-state index is 0.142. The smallest absolute Gasteiger partial charge is 0.276 e. The van der Waals surface area contributed by atoms with Crippen LogP contribution in [0.3, 0.4) is 0 Å². The van der Waals surface area contributed by atoms with Gasteiger partial charge in [0.05, 0.1) is 11.1 Å². The van der Waals surface area contributed by atoms with Crippen LogP contribution in [-0.4, -0.2) is 36.3 Å². The third-order valence-electron chi connectivity index (χ3n) is 3.63. The van der Waals surface area contributed by atoms with Crippen molar-refractivity contribution in [2.75, 3.05) is 5.32 Å². The molecule has 25 heavy (non-hydrogen) atoms. The number of H-pyrrole nitrogens is 1. The summed E-state index contributed by atoms with van der Waals surface area (Å²) in [5, 5.41) is 20.9. The van der Waals surface area contributed by atoms with Gasteiger partial charge in [0, 0.05) is 11.1 Å². The van der Waals surface area contributed by atoms with Crippen molar-refractivity contribution in [1.82, 2.24) is 30.4 Å². The third kappa shape index (κ3) is 2.74. The van der Waals surface area contributed by atoms with Crippen LogP contribution in [0.25, 0.3) is 16.5 Å². The fraction of sp³-hybridized carbons (Fsp3) is 0. The van der Waals surface area contributed by atoms with Crippen molar-refractivity contribution in [3.63, 3.8) is 0 Å². The molecule has 0 aliphatic heterocycles. The lowest BCUT2D eigenvalue weighted by atomic mass is 10.1. The maximum atomic E-state index is 12.6. The van der Waals surface area contributed by atoms with Crippen LogP contribution in [0.1, 0.15) is 10.5 Å². The molecule has 0 saturated heterocycles. The minimum Gasteiger partial charge on any atom is -0.321 e. The molecule has 2 N–H and O–H groups in total. The largest absolute Gasteiger partial charge is 0.321 e. The van der Waals surface area contributed by atoms with Crippen LogP contribution >= 0.6 is 0 Å². The minimum atomic E-state index is -0.429. The number of nitrogens with one attached hydrogen (secondary N) is 2. The summed E-state index contributed by atoms with van der Waals surface area (Å²) in [6.07, 6.45) is 1.46. The highest BCUT2D eigenvalue weighted by atomic mass is 16.2. The van der Waals surface area contributed by atoms with Gasteiger partial charge in [-0.1, -0.05) is 24.3 Å². The van der Waals surface area contributed by atoms with E-state index in [9.17, 15) is 9.59 Å². The molecule has 4 rings (SSSR count). The molecular formula is C16H11N7O2. The number of amides is 1. The second kappa shape index (κ2) is 5.96. The lowest BCUT2D eigenvalue weighted by Gasteiger charge is -2.08. The fourth-order valence-electron chi connectivity index (χ4n) is 2.48. The molecule has 0 unspecified atom stereocenters. The molecule has 0 spiro atoms. The first-order valence-corrected chi connectivity index (χ1v) is 7.34. The molecule has 2 heterocycles. The van der Waals surface area contributed by atoms with Gasteiger partial charge in [-0.3, -0.25) is 9.59 Å². The van der Waals surface area contributed by atoms with Crippen LogP contribution in [0, 0.1) is 0 Å². The molecule has 4 aromatic rings. The number of hydrogen-bond donors (Lipinski definition) is 2. The Morgan fingerprint density at radius 3 is 2.72 bits per heavy atom. The number of aromatic nitrogens is 6. The molecule has 9 heteroatoms. The zero-order valence-electron chi connectivity index (χ0n) is 12.7. The fourth-order valence-corrected chi connectivity index (χ4v) is 2.48. The maximum Gasteiger partial charge on any atom is 0.276 e. The van der Waals surface area contributed by atoms with Crippen molar-refractivity contribution in [2.24, 2.45) is 0 Å². The van der Waals surface area contributed by atoms with E-state index >= 15 is 0 Å². The number of nitrogens with zero attached hydrogens (tertiary/aromatic N) is 5. The van der Waals surface area contributed by atoms with Gasteiger partial charge < -0.3 is 5.32 Å². The quantitative estimate of drug-likeness (QED) is 0.580. The van der Waals surface area contributed by atoms with E-state index in [1.54, 1.807) is 48.5 Å². The topological polar surface area (TPSA) is 118 Å². The van der Waals surface area contributed by atoms with Crippen LogP contribution in [0.5, 0.6) is 0 Å². The second-order valence-electron chi connectivity index (χ2n) is 5.21. The second-order valence-corrected chi connectivity index (χ2v) is 5.21. The van der Waals surface area contributed by atoms with Gasteiger partial charge >= 0.3 is 0 Å². The maximum absolute atomic E-state index is 12.6. The first-order chi connectivity index (χ1) is 12.2. The van der Waals surface area contributed by atoms with Gasteiger partial charge in [0.15, 0.2) is 5.69 Å². The number of tetrazole rings is 1. The Balaban J connectivity index is 1.69. The molecule has 0 saturated carbocycles. The summed E-state index contributed by atoms with van der Waals surface area (Å²) < 4.78 is 1.48. The Bertz CT molecular complexity index is 1120. The Kier molecular flexibility index (Phi) is 3.51. The van der Waals surface area contributed by atoms with E-state index in [4.69, 9.17) is 0 Å². The molecule has 2 aromatic heterocycles. The predicted molar refractivity (Wildman–Crippen MR) is 89.5 cm³/mol. The molecule has 0 fully saturated rings. The Morgan fingerprint density at radius 1 is 1.08 bits per heavy atom. The lowest BCUT2D eigenvalue weighted by molar-refractivity contribution is 0.102. The molecule has 0 atom stereocenters. The predicted octanol–water partition coefficient (Wildman–Crippen LogP) is 1.15. The number of hydrogen-bond acceptors (Lipinski definition) is 6. The molecule has 0 bridgehead atoms. The zero-order chi connectivity index (χ0) is 17.2. The highest BCUT2D eigenvalue weighted by Gasteiger charge is 2.14. The Hall–Kier alpha value is -3.88. The van der Waals surface area contributed by atoms with Gasteiger partial charge in [0.25, 0.3) is 11.5 Å². The highest BCUT2D eigenvalue weighted by molar-refractivity contribution is 6.11. The molecule has 9 nitrogen and oxygen atoms in total. The summed E-state index contributed by atoms with van der Waals surface area (Å²) >= 11 is 0. The molecule has 1 amide bonds. The van der Waals surface area contributed by atoms with E-state index < -0.39 is 5.91 Å². The normalized spacial score (nSPS) is 10.7. The van der Waals surface area contributed by atoms with Crippen molar-refractivity contribution >= 4 is 22.4 Å². The molecule has 0 radical (unpaired) electrons. The van der Waals surface area contributed by atoms with E-state index in [0.29, 0.717) is 22.1 Å². The number of carbonyl (C=O) groups excluding carboxylic acids is 1. The van der Waals surface area contributed by atoms with Gasteiger partial charge in [-0.05, 0) is 34.7 Å². The van der Waals surface area contributed by atoms with Gasteiger partial charge in [0.1, 0.15) is 6.33 Å². The van der Waals surface area contributed by atoms with Crippen LogP contribution < -0.4 is 10.9 Å². The standard InChI is InChI=1S/C16H11N7O2/c24-15-13-7-2-1-6-12(13)14(19-20-15)16(25)18-10-4-3-5-11(8-10)23-9-17-21-22-23/h1-9H,(H,18,25)(H,20,24). The monoisotopic (exact) mass is 333 g/mol. The van der Waals surface area contributed by atoms with Gasteiger partial charge in [0.2, 0.25) is 0 Å². The number of carbonyl (C=O) groups is 1. The first-order valence-electron chi connectivity index (χ1n) is 7.34. The van der Waals surface area contributed by atoms with E-state index in [1.807, 2.05) is 0 Å². The summed E-state index contributed by atoms with van der Waals surface area (Å²) in [4.78, 5) is 24.4. The van der Waals surface area contributed by atoms with Crippen LogP contribution in [0.4, 0.5) is 5.69 Å². The average molecular weight is 333 g/mol. The van der Waals surface area contributed by atoms with Crippen molar-refractivity contribution < 1.29 is 4.79 Å². The summed E-state index contributed by atoms with van der Waals surface area (Å²) in [5.74, 6) is -0.429. The van der Waals surface area contributed by atoms with E-state index in [0.717, 1.165) is 0 Å². The molecule has 2 aromatic carbocycles. The van der Waals surface area contributed by atoms with Crippen molar-refractivity contribution in [1.29, 1.82) is 0 Å². The zero-order valence-corrected chi connectivity index (χ0v) is 12.7. The molecule has 0 aliphatic carbocycles. The van der Waals surface area contributed by atoms with Gasteiger partial charge in [-0.15, -0.1) is 5.10 Å². The van der Waals surface area contributed by atoms with Crippen LogP contribution in [0.15, 0.2) is 59.7 Å². The number of fused-ring (bicyclic) bond motifs is 1. The van der Waals surface area contributed by atoms with Gasteiger partial charge in [-0.2, -0.15) is 5.10 Å². The molecule has 0 aliphatic rings. The Morgan fingerprint density at radius 2 is 1.92 bits per heavy atom. The lowest BCUT2D eigenvalue weighted by Crippen LogP contribution is -2.19. The SMILES string of the molecule is O=C(Nc1cccc(-n2cnnn2)c1)c1n[nH]c(=O)c2ccccc12. The van der Waals surface area contributed by atoms with Crippen LogP contribution in [0.2, 0.25) is 0 Å². The third-order valence-corrected chi connectivity index (χ3v) is 3.63. The number of aromatic amines is 1. The van der Waals surface area contributed by atoms with E-state index in [-0.39, 0.29) is 11.3 Å². The van der Waals surface area contributed by atoms with Crippen LogP contribution in [-0.2, 0) is 0 Å². The summed E-state index contributed by atoms with van der Waals surface area (Å²) in [7, 11) is 0. The number of rotatable bonds is 3. The Labute approximate surface area is 140 Å².